The molecule has 8 nitrogen and oxygen atoms in total. The van der Waals surface area contributed by atoms with Gasteiger partial charge in [0, 0.05) is 12.1 Å². The number of carbonyl (C=O) groups is 1. The molecule has 2 heterocycles. The predicted molar refractivity (Wildman–Crippen MR) is 62.6 cm³/mol. The fourth-order valence-corrected chi connectivity index (χ4v) is 1.44. The van der Waals surface area contributed by atoms with Crippen molar-refractivity contribution in [2.45, 2.75) is 6.92 Å². The monoisotopic (exact) mass is 250 g/mol. The van der Waals surface area contributed by atoms with E-state index in [2.05, 4.69) is 15.5 Å². The first-order valence-electron chi connectivity index (χ1n) is 5.18. The lowest BCUT2D eigenvalue weighted by atomic mass is 10.2. The van der Waals surface area contributed by atoms with E-state index in [9.17, 15) is 14.9 Å². The SMILES string of the molecule is CCOC1=NNC(=O)/C1=C\c1ccc([N+](=O)[O-])[nH]1. The highest BCUT2D eigenvalue weighted by Gasteiger charge is 2.24. The van der Waals surface area contributed by atoms with Gasteiger partial charge >= 0.3 is 5.82 Å². The number of hydrogen-bond donors (Lipinski definition) is 2. The van der Waals surface area contributed by atoms with Gasteiger partial charge in [-0.1, -0.05) is 0 Å². The van der Waals surface area contributed by atoms with Crippen LogP contribution in [0.1, 0.15) is 12.6 Å². The first-order chi connectivity index (χ1) is 8.61. The molecule has 0 bridgehead atoms. The molecule has 0 radical (unpaired) electrons. The molecule has 1 aliphatic heterocycles. The van der Waals surface area contributed by atoms with Crippen LogP contribution in [-0.2, 0) is 9.53 Å². The van der Waals surface area contributed by atoms with Gasteiger partial charge in [0.05, 0.1) is 6.61 Å². The number of rotatable bonds is 3. The van der Waals surface area contributed by atoms with Crippen LogP contribution in [-0.4, -0.2) is 28.3 Å². The Morgan fingerprint density at radius 1 is 1.56 bits per heavy atom. The van der Waals surface area contributed by atoms with Gasteiger partial charge in [-0.05, 0) is 17.9 Å². The van der Waals surface area contributed by atoms with Crippen molar-refractivity contribution < 1.29 is 14.5 Å². The molecule has 0 saturated heterocycles. The third-order valence-corrected chi connectivity index (χ3v) is 2.20. The highest BCUT2D eigenvalue weighted by Crippen LogP contribution is 2.16. The average molecular weight is 250 g/mol. The van der Waals surface area contributed by atoms with Gasteiger partial charge in [-0.3, -0.25) is 4.79 Å². The van der Waals surface area contributed by atoms with Crippen LogP contribution in [0.3, 0.4) is 0 Å². The van der Waals surface area contributed by atoms with Crippen LogP contribution in [0.2, 0.25) is 0 Å². The van der Waals surface area contributed by atoms with Gasteiger partial charge in [0.15, 0.2) is 0 Å². The van der Waals surface area contributed by atoms with Crippen molar-refractivity contribution in [3.05, 3.63) is 33.5 Å². The first kappa shape index (κ1) is 11.8. The molecule has 18 heavy (non-hydrogen) atoms. The van der Waals surface area contributed by atoms with Crippen LogP contribution in [0.25, 0.3) is 6.08 Å². The molecule has 2 rings (SSSR count). The lowest BCUT2D eigenvalue weighted by Gasteiger charge is -2.00. The molecule has 94 valence electrons. The third kappa shape index (κ3) is 2.21. The van der Waals surface area contributed by atoms with Crippen molar-refractivity contribution in [3.8, 4) is 0 Å². The van der Waals surface area contributed by atoms with Crippen LogP contribution < -0.4 is 5.43 Å². The highest BCUT2D eigenvalue weighted by molar-refractivity contribution is 6.24. The number of nitrogens with zero attached hydrogens (tertiary/aromatic N) is 2. The Kier molecular flexibility index (Phi) is 3.09. The number of hydrazone groups is 1. The van der Waals surface area contributed by atoms with Gasteiger partial charge in [-0.2, -0.15) is 0 Å². The van der Waals surface area contributed by atoms with Crippen molar-refractivity contribution in [2.75, 3.05) is 6.61 Å². The maximum Gasteiger partial charge on any atom is 0.321 e. The fourth-order valence-electron chi connectivity index (χ4n) is 1.44. The summed E-state index contributed by atoms with van der Waals surface area (Å²) in [6, 6.07) is 2.82. The van der Waals surface area contributed by atoms with E-state index in [1.54, 1.807) is 6.92 Å². The number of nitro groups is 1. The molecule has 1 amide bonds. The van der Waals surface area contributed by atoms with E-state index >= 15 is 0 Å². The van der Waals surface area contributed by atoms with Crippen molar-refractivity contribution >= 4 is 23.7 Å². The van der Waals surface area contributed by atoms with Crippen LogP contribution in [0.5, 0.6) is 0 Å². The quantitative estimate of drug-likeness (QED) is 0.469. The van der Waals surface area contributed by atoms with Crippen LogP contribution in [0.15, 0.2) is 22.8 Å². The van der Waals surface area contributed by atoms with E-state index in [0.717, 1.165) is 0 Å². The Hall–Kier alpha value is -2.64. The molecule has 0 aromatic carbocycles. The topological polar surface area (TPSA) is 110 Å². The number of aromatic nitrogens is 1. The highest BCUT2D eigenvalue weighted by atomic mass is 16.6. The number of carbonyl (C=O) groups excluding carboxylic acids is 1. The zero-order chi connectivity index (χ0) is 13.1. The van der Waals surface area contributed by atoms with Gasteiger partial charge in [0.2, 0.25) is 5.90 Å². The summed E-state index contributed by atoms with van der Waals surface area (Å²) in [5, 5.41) is 14.2. The molecule has 8 heteroatoms. The normalized spacial score (nSPS) is 16.6. The summed E-state index contributed by atoms with van der Waals surface area (Å²) in [6.45, 7) is 2.14. The average Bonchev–Trinajstić information content (AvgIpc) is 2.91. The third-order valence-electron chi connectivity index (χ3n) is 2.20. The van der Waals surface area contributed by atoms with E-state index < -0.39 is 10.8 Å². The Morgan fingerprint density at radius 3 is 2.94 bits per heavy atom. The van der Waals surface area contributed by atoms with Crippen molar-refractivity contribution in [1.29, 1.82) is 0 Å². The molecule has 0 spiro atoms. The van der Waals surface area contributed by atoms with E-state index in [4.69, 9.17) is 4.74 Å². The van der Waals surface area contributed by atoms with E-state index in [1.807, 2.05) is 0 Å². The first-order valence-corrected chi connectivity index (χ1v) is 5.18. The summed E-state index contributed by atoms with van der Waals surface area (Å²) >= 11 is 0. The summed E-state index contributed by atoms with van der Waals surface area (Å²) in [7, 11) is 0. The summed E-state index contributed by atoms with van der Waals surface area (Å²) in [4.78, 5) is 24.0. The molecular weight excluding hydrogens is 240 g/mol. The second-order valence-corrected chi connectivity index (χ2v) is 3.40. The fraction of sp³-hybridized carbons (Fsp3) is 0.200. The van der Waals surface area contributed by atoms with Gasteiger partial charge in [0.1, 0.15) is 11.3 Å². The van der Waals surface area contributed by atoms with E-state index in [0.29, 0.717) is 12.3 Å². The smallest absolute Gasteiger partial charge is 0.321 e. The van der Waals surface area contributed by atoms with Crippen LogP contribution in [0.4, 0.5) is 5.82 Å². The predicted octanol–water partition coefficient (Wildman–Crippen LogP) is 0.786. The molecule has 0 aliphatic carbocycles. The molecule has 1 aromatic heterocycles. The molecule has 0 saturated carbocycles. The Labute approximate surface area is 101 Å². The largest absolute Gasteiger partial charge is 0.476 e. The van der Waals surface area contributed by atoms with Gasteiger partial charge in [0.25, 0.3) is 5.91 Å². The molecule has 1 aliphatic rings. The van der Waals surface area contributed by atoms with Gasteiger partial charge in [-0.15, -0.1) is 5.10 Å². The zero-order valence-corrected chi connectivity index (χ0v) is 9.47. The maximum absolute atomic E-state index is 11.5. The van der Waals surface area contributed by atoms with Crippen LogP contribution in [0, 0.1) is 10.1 Å². The lowest BCUT2D eigenvalue weighted by molar-refractivity contribution is -0.389. The van der Waals surface area contributed by atoms with Gasteiger partial charge in [-0.25, -0.2) is 10.4 Å². The number of amides is 1. The van der Waals surface area contributed by atoms with E-state index in [1.165, 1.54) is 18.2 Å². The minimum Gasteiger partial charge on any atom is -0.476 e. The minimum absolute atomic E-state index is 0.143. The number of ether oxygens (including phenoxy) is 1. The van der Waals surface area contributed by atoms with Crippen molar-refractivity contribution in [2.24, 2.45) is 5.10 Å². The molecule has 2 N–H and O–H groups in total. The number of H-pyrrole nitrogens is 1. The standard InChI is InChI=1S/C10H10N4O4/c1-2-18-10-7(9(15)12-13-10)5-6-3-4-8(11-6)14(16)17/h3-5,11H,2H2,1H3,(H,12,15)/b7-5+. The summed E-state index contributed by atoms with van der Waals surface area (Å²) in [5.41, 5.74) is 2.92. The van der Waals surface area contributed by atoms with E-state index in [-0.39, 0.29) is 17.3 Å². The second-order valence-electron chi connectivity index (χ2n) is 3.40. The minimum atomic E-state index is -0.547. The maximum atomic E-state index is 11.5. The molecule has 0 fully saturated rings. The summed E-state index contributed by atoms with van der Waals surface area (Å²) in [6.07, 6.45) is 1.45. The van der Waals surface area contributed by atoms with Crippen LogP contribution >= 0.6 is 0 Å². The number of nitrogens with one attached hydrogen (secondary N) is 2. The summed E-state index contributed by atoms with van der Waals surface area (Å²) < 4.78 is 5.16. The molecular formula is C10H10N4O4. The Bertz CT molecular complexity index is 558. The van der Waals surface area contributed by atoms with Crippen molar-refractivity contribution in [1.82, 2.24) is 10.4 Å². The zero-order valence-electron chi connectivity index (χ0n) is 9.47. The number of aromatic amines is 1. The van der Waals surface area contributed by atoms with Crippen molar-refractivity contribution in [3.63, 3.8) is 0 Å². The Morgan fingerprint density at radius 2 is 2.33 bits per heavy atom. The number of hydrogen-bond acceptors (Lipinski definition) is 5. The molecule has 0 atom stereocenters. The lowest BCUT2D eigenvalue weighted by Crippen LogP contribution is -2.14. The van der Waals surface area contributed by atoms with Gasteiger partial charge < -0.3 is 14.9 Å². The summed E-state index contributed by atoms with van der Waals surface area (Å²) in [5.74, 6) is -0.370. The molecule has 0 unspecified atom stereocenters. The molecule has 1 aromatic rings. The Balaban J connectivity index is 2.27. The second kappa shape index (κ2) is 4.70.